The lowest BCUT2D eigenvalue weighted by Gasteiger charge is -2.31. The zero-order chi connectivity index (χ0) is 16.0. The van der Waals surface area contributed by atoms with E-state index in [1.54, 1.807) is 0 Å². The molecule has 0 bridgehead atoms. The van der Waals surface area contributed by atoms with Gasteiger partial charge in [-0.3, -0.25) is 4.90 Å². The first-order chi connectivity index (χ1) is 11.2. The number of benzene rings is 2. The van der Waals surface area contributed by atoms with E-state index < -0.39 is 5.60 Å². The topological polar surface area (TPSA) is 35.5 Å². The molecule has 1 atom stereocenters. The second kappa shape index (κ2) is 7.73. The van der Waals surface area contributed by atoms with Crippen molar-refractivity contribution in [2.75, 3.05) is 26.2 Å². The molecule has 3 heteroatoms. The van der Waals surface area contributed by atoms with Gasteiger partial charge >= 0.3 is 0 Å². The molecule has 0 saturated carbocycles. The smallest absolute Gasteiger partial charge is 0.0909 e. The third-order valence-corrected chi connectivity index (χ3v) is 4.55. The molecular weight excluding hydrogens is 284 g/mol. The minimum absolute atomic E-state index is 0.592. The maximum Gasteiger partial charge on any atom is 0.0909 e. The fraction of sp³-hybridized carbons (Fsp3) is 0.400. The van der Waals surface area contributed by atoms with Crippen LogP contribution in [0.2, 0.25) is 0 Å². The standard InChI is InChI=1S/C20H26N2O/c23-20(12-13-21-16-20)17-22(15-19-9-5-2-6-10-19)14-11-18-7-3-1-4-8-18/h1-10,21,23H,11-17H2/t20-/m1/s1. The van der Waals surface area contributed by atoms with E-state index in [1.165, 1.54) is 11.1 Å². The summed E-state index contributed by atoms with van der Waals surface area (Å²) in [6, 6.07) is 21.1. The van der Waals surface area contributed by atoms with Gasteiger partial charge in [0.1, 0.15) is 0 Å². The number of hydrogen-bond donors (Lipinski definition) is 2. The van der Waals surface area contributed by atoms with Gasteiger partial charge in [0.25, 0.3) is 0 Å². The molecule has 1 heterocycles. The van der Waals surface area contributed by atoms with Gasteiger partial charge in [-0.1, -0.05) is 60.7 Å². The Morgan fingerprint density at radius 2 is 1.61 bits per heavy atom. The van der Waals surface area contributed by atoms with Gasteiger partial charge in [0.2, 0.25) is 0 Å². The number of β-amino-alcohol motifs (C(OH)–C–C–N with tert-alkyl or cyclic N) is 1. The number of aliphatic hydroxyl groups is 1. The second-order valence-corrected chi connectivity index (χ2v) is 6.58. The lowest BCUT2D eigenvalue weighted by molar-refractivity contribution is 0.0186. The van der Waals surface area contributed by atoms with Crippen LogP contribution >= 0.6 is 0 Å². The summed E-state index contributed by atoms with van der Waals surface area (Å²) in [4.78, 5) is 2.38. The van der Waals surface area contributed by atoms with Crippen molar-refractivity contribution in [1.29, 1.82) is 0 Å². The van der Waals surface area contributed by atoms with Gasteiger partial charge in [0.05, 0.1) is 5.60 Å². The Morgan fingerprint density at radius 1 is 0.957 bits per heavy atom. The summed E-state index contributed by atoms with van der Waals surface area (Å²) in [5, 5.41) is 14.0. The van der Waals surface area contributed by atoms with Crippen LogP contribution in [0, 0.1) is 0 Å². The summed E-state index contributed by atoms with van der Waals surface area (Å²) >= 11 is 0. The van der Waals surface area contributed by atoms with E-state index in [4.69, 9.17) is 0 Å². The van der Waals surface area contributed by atoms with Crippen molar-refractivity contribution in [2.45, 2.75) is 25.0 Å². The first kappa shape index (κ1) is 16.2. The summed E-state index contributed by atoms with van der Waals surface area (Å²) in [6.07, 6.45) is 1.85. The number of nitrogens with zero attached hydrogens (tertiary/aromatic N) is 1. The lowest BCUT2D eigenvalue weighted by Crippen LogP contribution is -2.45. The van der Waals surface area contributed by atoms with Gasteiger partial charge < -0.3 is 10.4 Å². The molecular formula is C20H26N2O. The summed E-state index contributed by atoms with van der Waals surface area (Å²) in [7, 11) is 0. The zero-order valence-corrected chi connectivity index (χ0v) is 13.6. The predicted octanol–water partition coefficient (Wildman–Crippen LogP) is 2.46. The van der Waals surface area contributed by atoms with Crippen LogP contribution in [0.5, 0.6) is 0 Å². The highest BCUT2D eigenvalue weighted by Gasteiger charge is 2.32. The molecule has 3 nitrogen and oxygen atoms in total. The van der Waals surface area contributed by atoms with Crippen LogP contribution in [-0.4, -0.2) is 41.8 Å². The Bertz CT molecular complexity index is 579. The highest BCUT2D eigenvalue weighted by atomic mass is 16.3. The Balaban J connectivity index is 1.65. The first-order valence-corrected chi connectivity index (χ1v) is 8.47. The lowest BCUT2D eigenvalue weighted by atomic mass is 10.0. The van der Waals surface area contributed by atoms with E-state index in [0.29, 0.717) is 6.54 Å². The SMILES string of the molecule is O[C@]1(CN(CCc2ccccc2)Cc2ccccc2)CCNC1. The molecule has 122 valence electrons. The molecule has 2 aromatic carbocycles. The summed E-state index contributed by atoms with van der Waals surface area (Å²) in [5.41, 5.74) is 2.06. The molecule has 0 unspecified atom stereocenters. The Hall–Kier alpha value is -1.68. The fourth-order valence-electron chi connectivity index (χ4n) is 3.27. The van der Waals surface area contributed by atoms with Gasteiger partial charge in [-0.05, 0) is 30.5 Å². The number of hydrogen-bond acceptors (Lipinski definition) is 3. The molecule has 1 aliphatic heterocycles. The Kier molecular flexibility index (Phi) is 5.44. The molecule has 1 fully saturated rings. The van der Waals surface area contributed by atoms with Crippen LogP contribution in [0.25, 0.3) is 0 Å². The van der Waals surface area contributed by atoms with E-state index in [9.17, 15) is 5.11 Å². The molecule has 0 amide bonds. The highest BCUT2D eigenvalue weighted by Crippen LogP contribution is 2.18. The minimum Gasteiger partial charge on any atom is -0.387 e. The van der Waals surface area contributed by atoms with Crippen LogP contribution in [0.1, 0.15) is 17.5 Å². The van der Waals surface area contributed by atoms with Gasteiger partial charge in [0, 0.05) is 26.2 Å². The molecule has 1 aliphatic rings. The first-order valence-electron chi connectivity index (χ1n) is 8.47. The van der Waals surface area contributed by atoms with Crippen molar-refractivity contribution in [1.82, 2.24) is 10.2 Å². The van der Waals surface area contributed by atoms with E-state index >= 15 is 0 Å². The summed E-state index contributed by atoms with van der Waals surface area (Å²) < 4.78 is 0. The number of rotatable bonds is 7. The van der Waals surface area contributed by atoms with Gasteiger partial charge in [-0.2, -0.15) is 0 Å². The second-order valence-electron chi connectivity index (χ2n) is 6.58. The Morgan fingerprint density at radius 3 is 2.22 bits per heavy atom. The highest BCUT2D eigenvalue weighted by molar-refractivity contribution is 5.16. The largest absolute Gasteiger partial charge is 0.387 e. The zero-order valence-electron chi connectivity index (χ0n) is 13.6. The maximum atomic E-state index is 10.7. The number of nitrogens with one attached hydrogen (secondary N) is 1. The van der Waals surface area contributed by atoms with E-state index in [0.717, 1.165) is 39.0 Å². The van der Waals surface area contributed by atoms with Crippen molar-refractivity contribution in [2.24, 2.45) is 0 Å². The molecule has 0 aromatic heterocycles. The fourth-order valence-corrected chi connectivity index (χ4v) is 3.27. The third kappa shape index (κ3) is 4.90. The van der Waals surface area contributed by atoms with Crippen LogP contribution in [0.4, 0.5) is 0 Å². The van der Waals surface area contributed by atoms with Crippen molar-refractivity contribution in [3.8, 4) is 0 Å². The molecule has 23 heavy (non-hydrogen) atoms. The van der Waals surface area contributed by atoms with Gasteiger partial charge in [0.15, 0.2) is 0 Å². The van der Waals surface area contributed by atoms with E-state index in [1.807, 2.05) is 6.07 Å². The van der Waals surface area contributed by atoms with Gasteiger partial charge in [-0.25, -0.2) is 0 Å². The maximum absolute atomic E-state index is 10.7. The van der Waals surface area contributed by atoms with Crippen molar-refractivity contribution in [3.63, 3.8) is 0 Å². The molecule has 2 N–H and O–H groups in total. The molecule has 1 saturated heterocycles. The molecule has 3 rings (SSSR count). The quantitative estimate of drug-likeness (QED) is 0.824. The molecule has 0 radical (unpaired) electrons. The average molecular weight is 310 g/mol. The molecule has 0 spiro atoms. The van der Waals surface area contributed by atoms with Crippen LogP contribution in [0.3, 0.4) is 0 Å². The van der Waals surface area contributed by atoms with Crippen molar-refractivity contribution < 1.29 is 5.11 Å². The monoisotopic (exact) mass is 310 g/mol. The molecule has 0 aliphatic carbocycles. The van der Waals surface area contributed by atoms with E-state index in [-0.39, 0.29) is 0 Å². The van der Waals surface area contributed by atoms with Crippen LogP contribution in [-0.2, 0) is 13.0 Å². The third-order valence-electron chi connectivity index (χ3n) is 4.55. The van der Waals surface area contributed by atoms with Gasteiger partial charge in [-0.15, -0.1) is 0 Å². The Labute approximate surface area is 139 Å². The van der Waals surface area contributed by atoms with E-state index in [2.05, 4.69) is 64.8 Å². The average Bonchev–Trinajstić information content (AvgIpc) is 3.01. The minimum atomic E-state index is -0.592. The predicted molar refractivity (Wildman–Crippen MR) is 94.3 cm³/mol. The van der Waals surface area contributed by atoms with Crippen molar-refractivity contribution >= 4 is 0 Å². The summed E-state index contributed by atoms with van der Waals surface area (Å²) in [5.74, 6) is 0. The van der Waals surface area contributed by atoms with Crippen LogP contribution in [0.15, 0.2) is 60.7 Å². The van der Waals surface area contributed by atoms with Crippen LogP contribution < -0.4 is 5.32 Å². The molecule has 2 aromatic rings. The van der Waals surface area contributed by atoms with Crippen molar-refractivity contribution in [3.05, 3.63) is 71.8 Å². The summed E-state index contributed by atoms with van der Waals surface area (Å²) in [6.45, 7) is 4.18. The normalized spacial score (nSPS) is 21.0.